The maximum atomic E-state index is 10.8. The van der Waals surface area contributed by atoms with Crippen LogP contribution in [0.3, 0.4) is 0 Å². The predicted molar refractivity (Wildman–Crippen MR) is 107 cm³/mol. The highest BCUT2D eigenvalue weighted by Gasteiger charge is 2.10. The molecular weight excluding hydrogens is 487 g/mol. The van der Waals surface area contributed by atoms with Crippen molar-refractivity contribution in [3.63, 3.8) is 0 Å². The molecule has 5 nitrogen and oxygen atoms in total. The Balaban J connectivity index is 2.17. The van der Waals surface area contributed by atoms with Gasteiger partial charge in [-0.25, -0.2) is 4.79 Å². The maximum Gasteiger partial charge on any atom is 0.335 e. The monoisotopic (exact) mass is 502 g/mol. The zero-order chi connectivity index (χ0) is 17.7. The normalized spacial score (nSPS) is 11.0. The molecule has 0 saturated carbocycles. The molecule has 2 rings (SSSR count). The number of carboxylic acids is 1. The quantitative estimate of drug-likeness (QED) is 0.332. The molecule has 126 valence electrons. The van der Waals surface area contributed by atoms with E-state index in [4.69, 9.17) is 9.84 Å². The fraction of sp³-hybridized carbons (Fsp3) is 0.176. The van der Waals surface area contributed by atoms with Crippen LogP contribution in [0.25, 0.3) is 0 Å². The Morgan fingerprint density at radius 3 is 2.58 bits per heavy atom. The van der Waals surface area contributed by atoms with Crippen molar-refractivity contribution in [2.45, 2.75) is 20.0 Å². The summed E-state index contributed by atoms with van der Waals surface area (Å²) in [6.45, 7) is 3.95. The molecule has 0 radical (unpaired) electrons. The van der Waals surface area contributed by atoms with Gasteiger partial charge in [0.1, 0.15) is 5.75 Å². The molecule has 0 atom stereocenters. The van der Waals surface area contributed by atoms with Crippen LogP contribution in [0.15, 0.2) is 46.0 Å². The highest BCUT2D eigenvalue weighted by Crippen LogP contribution is 2.29. The summed E-state index contributed by atoms with van der Waals surface area (Å²) in [6, 6.07) is 10.3. The lowest BCUT2D eigenvalue weighted by molar-refractivity contribution is 0.0697. The third-order valence-corrected chi connectivity index (χ3v) is 4.18. The summed E-state index contributed by atoms with van der Waals surface area (Å²) in [5.74, 6) is -0.176. The molecule has 2 aromatic rings. The fourth-order valence-electron chi connectivity index (χ4n) is 1.90. The minimum Gasteiger partial charge on any atom is -0.489 e. The molecule has 7 heteroatoms. The van der Waals surface area contributed by atoms with E-state index in [1.807, 2.05) is 26.0 Å². The van der Waals surface area contributed by atoms with Crippen LogP contribution < -0.4 is 10.2 Å². The molecule has 0 fully saturated rings. The molecule has 0 aliphatic carbocycles. The van der Waals surface area contributed by atoms with E-state index in [9.17, 15) is 4.79 Å². The first-order chi connectivity index (χ1) is 11.4. The molecule has 0 aliphatic heterocycles. The Bertz CT molecular complexity index is 761. The third-order valence-electron chi connectivity index (χ3n) is 2.92. The minimum atomic E-state index is -0.954. The number of nitrogens with one attached hydrogen (secondary N) is 1. The first-order valence-corrected chi connectivity index (χ1v) is 9.02. The Morgan fingerprint density at radius 1 is 1.33 bits per heavy atom. The van der Waals surface area contributed by atoms with E-state index in [1.165, 1.54) is 12.1 Å². The summed E-state index contributed by atoms with van der Waals surface area (Å²) in [6.07, 6.45) is 1.74. The average molecular weight is 503 g/mol. The van der Waals surface area contributed by atoms with Gasteiger partial charge in [-0.2, -0.15) is 5.10 Å². The van der Waals surface area contributed by atoms with Gasteiger partial charge in [-0.1, -0.05) is 15.9 Å². The standard InChI is InChI=1S/C17H16BrIN2O3/c1-10(2)24-16-12(7-13(18)8-15(16)19)9-20-21-14-5-3-11(4-6-14)17(22)23/h3-10,21H,1-2H3,(H,22,23)/b20-9-. The van der Waals surface area contributed by atoms with Crippen molar-refractivity contribution in [3.8, 4) is 5.75 Å². The van der Waals surface area contributed by atoms with Crippen LogP contribution in [0.4, 0.5) is 5.69 Å². The minimum absolute atomic E-state index is 0.0587. The zero-order valence-corrected chi connectivity index (χ0v) is 16.8. The van der Waals surface area contributed by atoms with Crippen molar-refractivity contribution >= 4 is 56.4 Å². The second kappa shape index (κ2) is 8.48. The second-order valence-corrected chi connectivity index (χ2v) is 7.30. The number of aromatic carboxylic acids is 1. The van der Waals surface area contributed by atoms with E-state index in [0.29, 0.717) is 5.69 Å². The molecular formula is C17H16BrIN2O3. The lowest BCUT2D eigenvalue weighted by Gasteiger charge is -2.14. The van der Waals surface area contributed by atoms with Crippen LogP contribution >= 0.6 is 38.5 Å². The Hall–Kier alpha value is -1.61. The molecule has 24 heavy (non-hydrogen) atoms. The summed E-state index contributed by atoms with van der Waals surface area (Å²) in [5.41, 5.74) is 4.66. The van der Waals surface area contributed by atoms with Crippen molar-refractivity contribution in [2.75, 3.05) is 5.43 Å². The number of carbonyl (C=O) groups is 1. The van der Waals surface area contributed by atoms with Gasteiger partial charge >= 0.3 is 5.97 Å². The van der Waals surface area contributed by atoms with Crippen LogP contribution in [0.5, 0.6) is 5.75 Å². The number of hydrazone groups is 1. The summed E-state index contributed by atoms with van der Waals surface area (Å²) in [7, 11) is 0. The van der Waals surface area contributed by atoms with Gasteiger partial charge in [-0.05, 0) is 72.8 Å². The molecule has 0 heterocycles. The van der Waals surface area contributed by atoms with Crippen LogP contribution in [-0.4, -0.2) is 23.4 Å². The molecule has 2 aromatic carbocycles. The number of rotatable bonds is 6. The average Bonchev–Trinajstić information content (AvgIpc) is 2.51. The second-order valence-electron chi connectivity index (χ2n) is 5.23. The molecule has 0 amide bonds. The van der Waals surface area contributed by atoms with Crippen LogP contribution in [0.1, 0.15) is 29.8 Å². The van der Waals surface area contributed by atoms with E-state index in [1.54, 1.807) is 18.3 Å². The van der Waals surface area contributed by atoms with E-state index in [-0.39, 0.29) is 11.7 Å². The molecule has 0 saturated heterocycles. The highest BCUT2D eigenvalue weighted by molar-refractivity contribution is 14.1. The van der Waals surface area contributed by atoms with E-state index >= 15 is 0 Å². The van der Waals surface area contributed by atoms with Gasteiger partial charge in [0.15, 0.2) is 0 Å². The van der Waals surface area contributed by atoms with Crippen LogP contribution in [-0.2, 0) is 0 Å². The number of hydrogen-bond donors (Lipinski definition) is 2. The fourth-order valence-corrected chi connectivity index (χ4v) is 3.58. The molecule has 0 spiro atoms. The summed E-state index contributed by atoms with van der Waals surface area (Å²) in [4.78, 5) is 10.8. The third kappa shape index (κ3) is 5.20. The predicted octanol–water partition coefficient (Wildman–Crippen LogP) is 4.99. The van der Waals surface area contributed by atoms with Crippen molar-refractivity contribution in [1.29, 1.82) is 0 Å². The largest absolute Gasteiger partial charge is 0.489 e. The van der Waals surface area contributed by atoms with Gasteiger partial charge in [0.2, 0.25) is 0 Å². The number of ether oxygens (including phenoxy) is 1. The first-order valence-electron chi connectivity index (χ1n) is 7.15. The van der Waals surface area contributed by atoms with Crippen LogP contribution in [0, 0.1) is 3.57 Å². The topological polar surface area (TPSA) is 70.9 Å². The Morgan fingerprint density at radius 2 is 2.00 bits per heavy atom. The van der Waals surface area contributed by atoms with E-state index in [2.05, 4.69) is 49.0 Å². The Labute approximate surface area is 162 Å². The Kier molecular flexibility index (Phi) is 6.61. The van der Waals surface area contributed by atoms with Crippen molar-refractivity contribution < 1.29 is 14.6 Å². The number of hydrogen-bond acceptors (Lipinski definition) is 4. The van der Waals surface area contributed by atoms with Gasteiger partial charge in [0.25, 0.3) is 0 Å². The molecule has 0 aliphatic rings. The molecule has 2 N–H and O–H groups in total. The van der Waals surface area contributed by atoms with Crippen LogP contribution in [0.2, 0.25) is 0 Å². The molecule has 0 unspecified atom stereocenters. The van der Waals surface area contributed by atoms with Crippen molar-refractivity contribution in [1.82, 2.24) is 0 Å². The number of nitrogens with zero attached hydrogens (tertiary/aromatic N) is 1. The lowest BCUT2D eigenvalue weighted by atomic mass is 10.2. The summed E-state index contributed by atoms with van der Waals surface area (Å²) in [5, 5.41) is 13.1. The van der Waals surface area contributed by atoms with E-state index < -0.39 is 5.97 Å². The number of benzene rings is 2. The maximum absolute atomic E-state index is 10.8. The highest BCUT2D eigenvalue weighted by atomic mass is 127. The van der Waals surface area contributed by atoms with Gasteiger partial charge in [-0.3, -0.25) is 5.43 Å². The van der Waals surface area contributed by atoms with Gasteiger partial charge in [-0.15, -0.1) is 0 Å². The van der Waals surface area contributed by atoms with Gasteiger partial charge < -0.3 is 9.84 Å². The number of anilines is 1. The summed E-state index contributed by atoms with van der Waals surface area (Å²) < 4.78 is 7.79. The summed E-state index contributed by atoms with van der Waals surface area (Å²) >= 11 is 5.70. The van der Waals surface area contributed by atoms with Crippen molar-refractivity contribution in [2.24, 2.45) is 5.10 Å². The van der Waals surface area contributed by atoms with Gasteiger partial charge in [0.05, 0.1) is 27.1 Å². The molecule has 0 bridgehead atoms. The first kappa shape index (κ1) is 18.7. The lowest BCUT2D eigenvalue weighted by Crippen LogP contribution is -2.09. The smallest absolute Gasteiger partial charge is 0.335 e. The van der Waals surface area contributed by atoms with E-state index in [0.717, 1.165) is 19.4 Å². The number of halogens is 2. The molecule has 0 aromatic heterocycles. The zero-order valence-electron chi connectivity index (χ0n) is 13.1. The van der Waals surface area contributed by atoms with Crippen molar-refractivity contribution in [3.05, 3.63) is 55.6 Å². The number of carboxylic acid groups (broad SMARTS) is 1. The van der Waals surface area contributed by atoms with Gasteiger partial charge in [0, 0.05) is 10.0 Å². The SMILES string of the molecule is CC(C)Oc1c(I)cc(Br)cc1/C=N\Nc1ccc(C(=O)O)cc1.